The van der Waals surface area contributed by atoms with Gasteiger partial charge in [-0.3, -0.25) is 4.79 Å². The van der Waals surface area contributed by atoms with Crippen molar-refractivity contribution in [3.05, 3.63) is 75.8 Å². The summed E-state index contributed by atoms with van der Waals surface area (Å²) >= 11 is 6.01. The SMILES string of the molecule is CCCc1c(C(=O)N/N=C\c2ccc(OCc3c(F)cccc3Cl)cc2)nnn1-c1nonc1N. The van der Waals surface area contributed by atoms with E-state index in [4.69, 9.17) is 22.1 Å². The summed E-state index contributed by atoms with van der Waals surface area (Å²) in [5.74, 6) is -0.273. The van der Waals surface area contributed by atoms with E-state index in [2.05, 4.69) is 35.8 Å². The molecule has 4 aromatic rings. The normalized spacial score (nSPS) is 11.2. The number of rotatable bonds is 9. The molecule has 35 heavy (non-hydrogen) atoms. The summed E-state index contributed by atoms with van der Waals surface area (Å²) in [5.41, 5.74) is 9.72. The number of hydrazone groups is 1. The van der Waals surface area contributed by atoms with E-state index in [-0.39, 0.29) is 29.5 Å². The molecule has 13 heteroatoms. The van der Waals surface area contributed by atoms with Crippen molar-refractivity contribution in [2.75, 3.05) is 5.73 Å². The number of ether oxygens (including phenoxy) is 1. The lowest BCUT2D eigenvalue weighted by Crippen LogP contribution is -2.20. The molecule has 0 unspecified atom stereocenters. The van der Waals surface area contributed by atoms with Crippen LogP contribution in [0.5, 0.6) is 5.75 Å². The number of anilines is 1. The largest absolute Gasteiger partial charge is 0.489 e. The second-order valence-electron chi connectivity index (χ2n) is 7.28. The molecule has 0 fully saturated rings. The predicted molar refractivity (Wildman–Crippen MR) is 125 cm³/mol. The van der Waals surface area contributed by atoms with Crippen LogP contribution in [0.3, 0.4) is 0 Å². The number of benzene rings is 2. The third-order valence-electron chi connectivity index (χ3n) is 4.87. The van der Waals surface area contributed by atoms with Crippen LogP contribution in [0, 0.1) is 5.82 Å². The number of halogens is 2. The number of carbonyl (C=O) groups is 1. The maximum Gasteiger partial charge on any atom is 0.293 e. The molecule has 0 spiro atoms. The number of nitrogens with two attached hydrogens (primary N) is 1. The molecule has 3 N–H and O–H groups in total. The van der Waals surface area contributed by atoms with Gasteiger partial charge in [0.1, 0.15) is 18.2 Å². The average Bonchev–Trinajstić information content (AvgIpc) is 3.45. The average molecular weight is 499 g/mol. The van der Waals surface area contributed by atoms with Gasteiger partial charge in [-0.2, -0.15) is 9.78 Å². The second-order valence-corrected chi connectivity index (χ2v) is 7.68. The molecular weight excluding hydrogens is 479 g/mol. The van der Waals surface area contributed by atoms with E-state index in [1.54, 1.807) is 30.3 Å². The summed E-state index contributed by atoms with van der Waals surface area (Å²) < 4.78 is 25.4. The van der Waals surface area contributed by atoms with Crippen LogP contribution in [-0.4, -0.2) is 37.4 Å². The van der Waals surface area contributed by atoms with Crippen molar-refractivity contribution in [2.24, 2.45) is 5.10 Å². The van der Waals surface area contributed by atoms with Crippen molar-refractivity contribution >= 4 is 29.5 Å². The summed E-state index contributed by atoms with van der Waals surface area (Å²) in [6.45, 7) is 1.94. The minimum absolute atomic E-state index is 0.00811. The molecule has 0 aliphatic heterocycles. The fourth-order valence-corrected chi connectivity index (χ4v) is 3.36. The molecule has 2 heterocycles. The lowest BCUT2D eigenvalue weighted by atomic mass is 10.2. The van der Waals surface area contributed by atoms with Crippen molar-refractivity contribution in [3.8, 4) is 11.6 Å². The number of nitrogens with one attached hydrogen (secondary N) is 1. The van der Waals surface area contributed by atoms with Crippen LogP contribution in [0.2, 0.25) is 5.02 Å². The molecule has 0 bridgehead atoms. The van der Waals surface area contributed by atoms with Crippen molar-refractivity contribution in [1.29, 1.82) is 0 Å². The highest BCUT2D eigenvalue weighted by molar-refractivity contribution is 6.31. The molecule has 0 aliphatic carbocycles. The van der Waals surface area contributed by atoms with Gasteiger partial charge in [0.05, 0.1) is 16.9 Å². The van der Waals surface area contributed by atoms with Crippen LogP contribution in [0.15, 0.2) is 52.2 Å². The molecule has 0 saturated heterocycles. The van der Waals surface area contributed by atoms with Crippen molar-refractivity contribution in [3.63, 3.8) is 0 Å². The monoisotopic (exact) mass is 498 g/mol. The van der Waals surface area contributed by atoms with Gasteiger partial charge in [-0.1, -0.05) is 36.2 Å². The molecule has 4 rings (SSSR count). The predicted octanol–water partition coefficient (Wildman–Crippen LogP) is 3.32. The van der Waals surface area contributed by atoms with Gasteiger partial charge in [0.15, 0.2) is 5.69 Å². The topological polar surface area (TPSA) is 146 Å². The Morgan fingerprint density at radius 3 is 2.77 bits per heavy atom. The van der Waals surface area contributed by atoms with Crippen LogP contribution in [-0.2, 0) is 13.0 Å². The fraction of sp³-hybridized carbons (Fsp3) is 0.182. The number of aromatic nitrogens is 5. The number of hydrogen-bond acceptors (Lipinski definition) is 9. The van der Waals surface area contributed by atoms with Crippen LogP contribution in [0.4, 0.5) is 10.2 Å². The van der Waals surface area contributed by atoms with Crippen molar-refractivity contribution < 1.29 is 18.6 Å². The van der Waals surface area contributed by atoms with Gasteiger partial charge in [-0.25, -0.2) is 14.4 Å². The highest BCUT2D eigenvalue weighted by atomic mass is 35.5. The quantitative estimate of drug-likeness (QED) is 0.264. The Morgan fingerprint density at radius 2 is 2.09 bits per heavy atom. The zero-order valence-corrected chi connectivity index (χ0v) is 19.2. The first-order chi connectivity index (χ1) is 17.0. The van der Waals surface area contributed by atoms with E-state index in [0.717, 1.165) is 6.42 Å². The maximum absolute atomic E-state index is 13.9. The second kappa shape index (κ2) is 10.7. The third kappa shape index (κ3) is 5.44. The Balaban J connectivity index is 1.38. The number of nitrogen functional groups attached to an aromatic ring is 1. The van der Waals surface area contributed by atoms with Crippen molar-refractivity contribution in [1.82, 2.24) is 30.7 Å². The molecule has 0 radical (unpaired) electrons. The van der Waals surface area contributed by atoms with Gasteiger partial charge >= 0.3 is 0 Å². The summed E-state index contributed by atoms with van der Waals surface area (Å²) in [6.07, 6.45) is 2.67. The molecule has 180 valence electrons. The van der Waals surface area contributed by atoms with Gasteiger partial charge < -0.3 is 10.5 Å². The standard InChI is InChI=1S/C22H20ClFN8O3/c1-2-4-18-19(27-31-32(18)21-20(25)29-35-30-21)22(33)28-26-11-13-7-9-14(10-8-13)34-12-15-16(23)5-3-6-17(15)24/h3,5-11H,2,4,12H2,1H3,(H2,25,29)(H,28,33)/b26-11-. The highest BCUT2D eigenvalue weighted by Gasteiger charge is 2.23. The van der Waals surface area contributed by atoms with Gasteiger partial charge in [-0.05, 0) is 58.7 Å². The molecule has 0 aliphatic rings. The minimum Gasteiger partial charge on any atom is -0.489 e. The Hall–Kier alpha value is -4.32. The number of hydrogen-bond donors (Lipinski definition) is 2. The number of nitrogens with zero attached hydrogens (tertiary/aromatic N) is 6. The summed E-state index contributed by atoms with van der Waals surface area (Å²) in [5, 5.41) is 19.4. The van der Waals surface area contributed by atoms with E-state index in [9.17, 15) is 9.18 Å². The minimum atomic E-state index is -0.548. The van der Waals surface area contributed by atoms with E-state index >= 15 is 0 Å². The first-order valence-electron chi connectivity index (χ1n) is 10.5. The van der Waals surface area contributed by atoms with Crippen LogP contribution in [0.25, 0.3) is 5.82 Å². The smallest absolute Gasteiger partial charge is 0.293 e. The van der Waals surface area contributed by atoms with E-state index in [0.29, 0.717) is 28.5 Å². The summed E-state index contributed by atoms with van der Waals surface area (Å²) in [7, 11) is 0. The van der Waals surface area contributed by atoms with Gasteiger partial charge in [-0.15, -0.1) is 5.10 Å². The number of carbonyl (C=O) groups excluding carboxylic acids is 1. The Morgan fingerprint density at radius 1 is 1.29 bits per heavy atom. The highest BCUT2D eigenvalue weighted by Crippen LogP contribution is 2.22. The van der Waals surface area contributed by atoms with Gasteiger partial charge in [0.2, 0.25) is 11.6 Å². The van der Waals surface area contributed by atoms with Crippen LogP contribution >= 0.6 is 11.6 Å². The molecule has 0 saturated carbocycles. The lowest BCUT2D eigenvalue weighted by Gasteiger charge is -2.09. The van der Waals surface area contributed by atoms with Crippen LogP contribution in [0.1, 0.15) is 40.7 Å². The number of amides is 1. The molecule has 2 aromatic carbocycles. The first-order valence-corrected chi connectivity index (χ1v) is 10.9. The first kappa shape index (κ1) is 23.8. The van der Waals surface area contributed by atoms with E-state index in [1.165, 1.54) is 23.0 Å². The van der Waals surface area contributed by atoms with Gasteiger partial charge in [0, 0.05) is 5.56 Å². The third-order valence-corrected chi connectivity index (χ3v) is 5.22. The Kier molecular flexibility index (Phi) is 7.31. The Bertz CT molecular complexity index is 1330. The van der Waals surface area contributed by atoms with Crippen molar-refractivity contribution in [2.45, 2.75) is 26.4 Å². The zero-order chi connectivity index (χ0) is 24.8. The molecule has 2 aromatic heterocycles. The summed E-state index contributed by atoms with van der Waals surface area (Å²) in [6, 6.07) is 11.3. The van der Waals surface area contributed by atoms with Crippen LogP contribution < -0.4 is 15.9 Å². The maximum atomic E-state index is 13.9. The molecule has 1 amide bonds. The van der Waals surface area contributed by atoms with Gasteiger partial charge in [0.25, 0.3) is 5.91 Å². The molecule has 11 nitrogen and oxygen atoms in total. The van der Waals surface area contributed by atoms with E-state index in [1.807, 2.05) is 6.92 Å². The molecule has 0 atom stereocenters. The Labute approximate surface area is 203 Å². The fourth-order valence-electron chi connectivity index (χ4n) is 3.14. The lowest BCUT2D eigenvalue weighted by molar-refractivity contribution is 0.0949. The molecular formula is C22H20ClFN8O3. The zero-order valence-electron chi connectivity index (χ0n) is 18.5. The summed E-state index contributed by atoms with van der Waals surface area (Å²) in [4.78, 5) is 12.6. The van der Waals surface area contributed by atoms with E-state index < -0.39 is 11.7 Å².